The maximum absolute atomic E-state index is 14.1. The first-order chi connectivity index (χ1) is 21.5. The first kappa shape index (κ1) is 29.1. The van der Waals surface area contributed by atoms with Crippen molar-refractivity contribution >= 4 is 11.8 Å². The molecule has 3 heterocycles. The van der Waals surface area contributed by atoms with Crippen molar-refractivity contribution in [3.63, 3.8) is 0 Å². The number of hydrogen-bond donors (Lipinski definition) is 1. The zero-order valence-corrected chi connectivity index (χ0v) is 24.0. The summed E-state index contributed by atoms with van der Waals surface area (Å²) >= 11 is 0. The maximum atomic E-state index is 14.1. The topological polar surface area (TPSA) is 130 Å². The predicted octanol–water partition coefficient (Wildman–Crippen LogP) is 3.28. The summed E-state index contributed by atoms with van der Waals surface area (Å²) in [5.74, 6) is 0.799. The van der Waals surface area contributed by atoms with Crippen LogP contribution in [0.15, 0.2) is 66.7 Å². The number of nitrogens with zero attached hydrogens (tertiary/aromatic N) is 5. The molecule has 2 aliphatic heterocycles. The number of carbonyl (C=O) groups excluding carboxylic acids is 2. The number of methoxy groups -OCH3 is 1. The molecular weight excluding hydrogens is 571 g/mol. The number of fused-ring (bicyclic) bond motifs is 1. The van der Waals surface area contributed by atoms with Crippen molar-refractivity contribution in [2.24, 2.45) is 0 Å². The zero-order chi connectivity index (χ0) is 30.5. The molecule has 13 heteroatoms. The standard InChI is InChI=1S/C31H31FN6O6/c1-41-24-11-7-22(8-12-24)30-34-36-38(35-30)18-28(39)37(17-20-4-13-26-27(15-20)44-19-43-26)29(21-5-9-23(32)10-6-21)31(40)33-16-25-3-2-14-42-25/h4-13,15,25,29H,2-3,14,16-19H2,1H3,(H,33,40)/t25-,29-/m1/s1. The van der Waals surface area contributed by atoms with Gasteiger partial charge in [-0.2, -0.15) is 4.80 Å². The van der Waals surface area contributed by atoms with E-state index in [1.807, 2.05) is 0 Å². The number of rotatable bonds is 11. The average Bonchev–Trinajstić information content (AvgIpc) is 3.83. The third kappa shape index (κ3) is 6.62. The molecule has 12 nitrogen and oxygen atoms in total. The van der Waals surface area contributed by atoms with Crippen LogP contribution in [0.1, 0.15) is 30.0 Å². The lowest BCUT2D eigenvalue weighted by molar-refractivity contribution is -0.142. The van der Waals surface area contributed by atoms with E-state index in [-0.39, 0.29) is 26.0 Å². The van der Waals surface area contributed by atoms with Gasteiger partial charge >= 0.3 is 0 Å². The van der Waals surface area contributed by atoms with E-state index in [4.69, 9.17) is 18.9 Å². The van der Waals surface area contributed by atoms with Crippen molar-refractivity contribution in [2.45, 2.75) is 38.1 Å². The van der Waals surface area contributed by atoms with Gasteiger partial charge in [-0.15, -0.1) is 10.2 Å². The Morgan fingerprint density at radius 1 is 1.09 bits per heavy atom. The Morgan fingerprint density at radius 3 is 2.64 bits per heavy atom. The number of nitrogens with one attached hydrogen (secondary N) is 1. The number of amides is 2. The van der Waals surface area contributed by atoms with E-state index in [1.54, 1.807) is 49.6 Å². The van der Waals surface area contributed by atoms with Crippen LogP contribution in [-0.2, 0) is 27.4 Å². The van der Waals surface area contributed by atoms with E-state index in [2.05, 4.69) is 20.7 Å². The highest BCUT2D eigenvalue weighted by atomic mass is 19.1. The fourth-order valence-corrected chi connectivity index (χ4v) is 5.17. The second kappa shape index (κ2) is 13.1. The molecule has 4 aromatic rings. The Hall–Kier alpha value is -5.04. The van der Waals surface area contributed by atoms with E-state index in [0.29, 0.717) is 52.9 Å². The van der Waals surface area contributed by atoms with Gasteiger partial charge in [0.05, 0.1) is 13.2 Å². The lowest BCUT2D eigenvalue weighted by Crippen LogP contribution is -2.46. The monoisotopic (exact) mass is 602 g/mol. The largest absolute Gasteiger partial charge is 0.497 e. The van der Waals surface area contributed by atoms with E-state index < -0.39 is 23.7 Å². The Balaban J connectivity index is 1.30. The first-order valence-electron chi connectivity index (χ1n) is 14.2. The minimum absolute atomic E-state index is 0.0326. The summed E-state index contributed by atoms with van der Waals surface area (Å²) in [6.07, 6.45) is 1.64. The minimum Gasteiger partial charge on any atom is -0.497 e. The molecule has 0 aliphatic carbocycles. The van der Waals surface area contributed by atoms with Gasteiger partial charge in [0.2, 0.25) is 24.4 Å². The van der Waals surface area contributed by atoms with Crippen molar-refractivity contribution < 1.29 is 32.9 Å². The van der Waals surface area contributed by atoms with E-state index in [0.717, 1.165) is 12.8 Å². The highest BCUT2D eigenvalue weighted by molar-refractivity contribution is 5.88. The van der Waals surface area contributed by atoms with E-state index in [1.165, 1.54) is 34.0 Å². The molecule has 2 atom stereocenters. The molecule has 2 amide bonds. The minimum atomic E-state index is -1.10. The lowest BCUT2D eigenvalue weighted by atomic mass is 10.0. The Kier molecular flexibility index (Phi) is 8.64. The van der Waals surface area contributed by atoms with Gasteiger partial charge in [0.25, 0.3) is 0 Å². The molecule has 0 radical (unpaired) electrons. The second-order valence-electron chi connectivity index (χ2n) is 10.4. The first-order valence-corrected chi connectivity index (χ1v) is 14.2. The number of hydrogen-bond acceptors (Lipinski definition) is 9. The van der Waals surface area contributed by atoms with Gasteiger partial charge in [-0.3, -0.25) is 9.59 Å². The van der Waals surface area contributed by atoms with Crippen LogP contribution >= 0.6 is 0 Å². The average molecular weight is 603 g/mol. The SMILES string of the molecule is COc1ccc(-c2nnn(CC(=O)N(Cc3ccc4c(c3)OCO4)[C@@H](C(=O)NC[C@H]3CCCO3)c3ccc(F)cc3)n2)cc1. The van der Waals surface area contributed by atoms with Crippen LogP contribution in [0.5, 0.6) is 17.2 Å². The van der Waals surface area contributed by atoms with Crippen molar-refractivity contribution in [1.82, 2.24) is 30.4 Å². The predicted molar refractivity (Wildman–Crippen MR) is 154 cm³/mol. The number of carbonyl (C=O) groups is 2. The molecule has 0 unspecified atom stereocenters. The van der Waals surface area contributed by atoms with Crippen LogP contribution in [0.4, 0.5) is 4.39 Å². The Morgan fingerprint density at radius 2 is 1.89 bits per heavy atom. The summed E-state index contributed by atoms with van der Waals surface area (Å²) in [6.45, 7) is 0.758. The van der Waals surface area contributed by atoms with Crippen LogP contribution in [0.3, 0.4) is 0 Å². The van der Waals surface area contributed by atoms with Crippen LogP contribution < -0.4 is 19.5 Å². The fraction of sp³-hybridized carbons (Fsp3) is 0.323. The molecule has 228 valence electrons. The van der Waals surface area contributed by atoms with Crippen molar-refractivity contribution in [3.05, 3.63) is 83.7 Å². The summed E-state index contributed by atoms with van der Waals surface area (Å²) in [4.78, 5) is 30.5. The molecule has 0 saturated carbocycles. The maximum Gasteiger partial charge on any atom is 0.247 e. The van der Waals surface area contributed by atoms with Gasteiger partial charge < -0.3 is 29.2 Å². The van der Waals surface area contributed by atoms with Gasteiger partial charge in [-0.05, 0) is 77.7 Å². The molecule has 1 fully saturated rings. The number of ether oxygens (including phenoxy) is 4. The molecule has 2 aliphatic rings. The highest BCUT2D eigenvalue weighted by Crippen LogP contribution is 2.34. The van der Waals surface area contributed by atoms with Crippen LogP contribution in [0.25, 0.3) is 11.4 Å². The van der Waals surface area contributed by atoms with E-state index in [9.17, 15) is 14.0 Å². The van der Waals surface area contributed by atoms with Gasteiger partial charge in [0.1, 0.15) is 24.2 Å². The summed E-state index contributed by atoms with van der Waals surface area (Å²) < 4.78 is 35.8. The third-order valence-electron chi connectivity index (χ3n) is 7.46. The molecule has 0 spiro atoms. The summed E-state index contributed by atoms with van der Waals surface area (Å²) in [7, 11) is 1.58. The normalized spacial score (nSPS) is 16.0. The molecule has 1 aromatic heterocycles. The van der Waals surface area contributed by atoms with Crippen LogP contribution in [-0.4, -0.2) is 70.1 Å². The molecule has 6 rings (SSSR count). The Bertz CT molecular complexity index is 1610. The van der Waals surface area contributed by atoms with Crippen molar-refractivity contribution in [1.29, 1.82) is 0 Å². The molecule has 0 bridgehead atoms. The van der Waals surface area contributed by atoms with Gasteiger partial charge in [0.15, 0.2) is 11.5 Å². The summed E-state index contributed by atoms with van der Waals surface area (Å²) in [5.41, 5.74) is 1.84. The third-order valence-corrected chi connectivity index (χ3v) is 7.46. The smallest absolute Gasteiger partial charge is 0.247 e. The number of benzene rings is 3. The quantitative estimate of drug-likeness (QED) is 0.275. The second-order valence-corrected chi connectivity index (χ2v) is 10.4. The lowest BCUT2D eigenvalue weighted by Gasteiger charge is -2.32. The van der Waals surface area contributed by atoms with Gasteiger partial charge in [-0.25, -0.2) is 4.39 Å². The van der Waals surface area contributed by atoms with Crippen LogP contribution in [0, 0.1) is 5.82 Å². The molecule has 3 aromatic carbocycles. The fourth-order valence-electron chi connectivity index (χ4n) is 5.17. The van der Waals surface area contributed by atoms with Crippen molar-refractivity contribution in [2.75, 3.05) is 27.1 Å². The molecular formula is C31H31FN6O6. The molecule has 1 saturated heterocycles. The van der Waals surface area contributed by atoms with Gasteiger partial charge in [0, 0.05) is 25.3 Å². The number of tetrazole rings is 1. The molecule has 44 heavy (non-hydrogen) atoms. The van der Waals surface area contributed by atoms with Crippen molar-refractivity contribution in [3.8, 4) is 28.6 Å². The van der Waals surface area contributed by atoms with Crippen LogP contribution in [0.2, 0.25) is 0 Å². The number of aromatic nitrogens is 4. The van der Waals surface area contributed by atoms with E-state index >= 15 is 0 Å². The Labute approximate surface area is 252 Å². The highest BCUT2D eigenvalue weighted by Gasteiger charge is 2.33. The number of halogens is 1. The molecule has 1 N–H and O–H groups in total. The van der Waals surface area contributed by atoms with Gasteiger partial charge in [-0.1, -0.05) is 18.2 Å². The summed E-state index contributed by atoms with van der Waals surface area (Å²) in [5, 5.41) is 15.5. The zero-order valence-electron chi connectivity index (χ0n) is 24.0. The summed E-state index contributed by atoms with van der Waals surface area (Å²) in [6, 6.07) is 16.9.